The SMILES string of the molecule is CCCC(N)C(=O)NC(C)C1CC2CCC1C2.Cl. The molecule has 0 aromatic rings. The number of nitrogens with one attached hydrogen (secondary N) is 1. The minimum Gasteiger partial charge on any atom is -0.352 e. The van der Waals surface area contributed by atoms with Crippen molar-refractivity contribution >= 4 is 18.3 Å². The van der Waals surface area contributed by atoms with E-state index in [0.717, 1.165) is 24.7 Å². The predicted octanol–water partition coefficient (Wildman–Crippen LogP) is 2.48. The molecule has 2 aliphatic rings. The van der Waals surface area contributed by atoms with E-state index in [0.29, 0.717) is 12.0 Å². The van der Waals surface area contributed by atoms with Gasteiger partial charge in [-0.3, -0.25) is 4.79 Å². The maximum atomic E-state index is 11.9. The van der Waals surface area contributed by atoms with Gasteiger partial charge in [-0.25, -0.2) is 0 Å². The molecule has 2 fully saturated rings. The lowest BCUT2D eigenvalue weighted by molar-refractivity contribution is -0.123. The number of hydrogen-bond donors (Lipinski definition) is 2. The van der Waals surface area contributed by atoms with E-state index in [-0.39, 0.29) is 24.4 Å². The highest BCUT2D eigenvalue weighted by Crippen LogP contribution is 2.49. The van der Waals surface area contributed by atoms with Crippen molar-refractivity contribution in [2.24, 2.45) is 23.5 Å². The van der Waals surface area contributed by atoms with Crippen molar-refractivity contribution in [3.05, 3.63) is 0 Å². The van der Waals surface area contributed by atoms with Crippen LogP contribution in [0.15, 0.2) is 0 Å². The largest absolute Gasteiger partial charge is 0.352 e. The molecule has 0 spiro atoms. The Kier molecular flexibility index (Phi) is 5.93. The fourth-order valence-electron chi connectivity index (χ4n) is 3.79. The highest BCUT2D eigenvalue weighted by molar-refractivity contribution is 5.85. The van der Waals surface area contributed by atoms with Gasteiger partial charge in [0, 0.05) is 6.04 Å². The van der Waals surface area contributed by atoms with Gasteiger partial charge in [-0.15, -0.1) is 12.4 Å². The fourth-order valence-corrected chi connectivity index (χ4v) is 3.79. The number of halogens is 1. The molecule has 0 aromatic carbocycles. The minimum absolute atomic E-state index is 0. The van der Waals surface area contributed by atoms with Gasteiger partial charge >= 0.3 is 0 Å². The fraction of sp³-hybridized carbons (Fsp3) is 0.929. The van der Waals surface area contributed by atoms with Gasteiger partial charge in [0.05, 0.1) is 6.04 Å². The Bertz CT molecular complexity index is 285. The molecule has 0 aliphatic heterocycles. The minimum atomic E-state index is -0.318. The van der Waals surface area contributed by atoms with E-state index in [1.807, 2.05) is 0 Å². The van der Waals surface area contributed by atoms with Crippen molar-refractivity contribution in [3.8, 4) is 0 Å². The Morgan fingerprint density at radius 1 is 1.39 bits per heavy atom. The Morgan fingerprint density at radius 3 is 2.61 bits per heavy atom. The Labute approximate surface area is 117 Å². The van der Waals surface area contributed by atoms with Crippen LogP contribution in [0.5, 0.6) is 0 Å². The molecule has 106 valence electrons. The quantitative estimate of drug-likeness (QED) is 0.809. The molecule has 5 atom stereocenters. The molecule has 18 heavy (non-hydrogen) atoms. The lowest BCUT2D eigenvalue weighted by Gasteiger charge is -2.29. The number of hydrogen-bond acceptors (Lipinski definition) is 2. The second-order valence-electron chi connectivity index (χ2n) is 6.03. The number of rotatable bonds is 5. The van der Waals surface area contributed by atoms with Crippen LogP contribution in [-0.2, 0) is 4.79 Å². The highest BCUT2D eigenvalue weighted by atomic mass is 35.5. The number of fused-ring (bicyclic) bond motifs is 2. The average Bonchev–Trinajstić information content (AvgIpc) is 2.90. The molecule has 3 N–H and O–H groups in total. The Balaban J connectivity index is 0.00000162. The first-order valence-corrected chi connectivity index (χ1v) is 7.17. The van der Waals surface area contributed by atoms with Crippen molar-refractivity contribution in [2.45, 2.75) is 64.5 Å². The topological polar surface area (TPSA) is 55.1 Å². The zero-order valence-corrected chi connectivity index (χ0v) is 12.3. The summed E-state index contributed by atoms with van der Waals surface area (Å²) in [5.41, 5.74) is 5.84. The lowest BCUT2D eigenvalue weighted by Crippen LogP contribution is -2.47. The van der Waals surface area contributed by atoms with E-state index in [1.165, 1.54) is 25.7 Å². The molecule has 0 aromatic heterocycles. The van der Waals surface area contributed by atoms with Crippen LogP contribution in [0.3, 0.4) is 0 Å². The lowest BCUT2D eigenvalue weighted by atomic mass is 9.84. The second kappa shape index (κ2) is 6.76. The van der Waals surface area contributed by atoms with Crippen LogP contribution in [-0.4, -0.2) is 18.0 Å². The molecule has 0 saturated heterocycles. The second-order valence-corrected chi connectivity index (χ2v) is 6.03. The third kappa shape index (κ3) is 3.39. The summed E-state index contributed by atoms with van der Waals surface area (Å²) in [7, 11) is 0. The third-order valence-electron chi connectivity index (χ3n) is 4.74. The van der Waals surface area contributed by atoms with Crippen molar-refractivity contribution in [1.82, 2.24) is 5.32 Å². The maximum absolute atomic E-state index is 11.9. The average molecular weight is 275 g/mol. The van der Waals surface area contributed by atoms with Crippen molar-refractivity contribution in [3.63, 3.8) is 0 Å². The van der Waals surface area contributed by atoms with Gasteiger partial charge in [-0.2, -0.15) is 0 Å². The molecule has 5 unspecified atom stereocenters. The highest BCUT2D eigenvalue weighted by Gasteiger charge is 2.42. The van der Waals surface area contributed by atoms with E-state index in [1.54, 1.807) is 0 Å². The summed E-state index contributed by atoms with van der Waals surface area (Å²) >= 11 is 0. The zero-order chi connectivity index (χ0) is 12.4. The van der Waals surface area contributed by atoms with Crippen LogP contribution in [0.2, 0.25) is 0 Å². The number of amides is 1. The molecule has 2 bridgehead atoms. The summed E-state index contributed by atoms with van der Waals surface area (Å²) in [6, 6.07) is -0.0123. The molecule has 4 heteroatoms. The molecule has 2 aliphatic carbocycles. The smallest absolute Gasteiger partial charge is 0.237 e. The first-order chi connectivity index (χ1) is 8.11. The van der Waals surface area contributed by atoms with Gasteiger partial charge in [0.25, 0.3) is 0 Å². The van der Waals surface area contributed by atoms with E-state index < -0.39 is 0 Å². The van der Waals surface area contributed by atoms with Gasteiger partial charge in [-0.05, 0) is 50.4 Å². The summed E-state index contributed by atoms with van der Waals surface area (Å²) in [4.78, 5) is 11.9. The van der Waals surface area contributed by atoms with Crippen LogP contribution < -0.4 is 11.1 Å². The molecule has 0 radical (unpaired) electrons. The normalized spacial score (nSPS) is 32.7. The van der Waals surface area contributed by atoms with E-state index in [4.69, 9.17) is 5.73 Å². The van der Waals surface area contributed by atoms with Crippen LogP contribution in [0.4, 0.5) is 0 Å². The first-order valence-electron chi connectivity index (χ1n) is 7.17. The monoisotopic (exact) mass is 274 g/mol. The van der Waals surface area contributed by atoms with Gasteiger partial charge in [0.2, 0.25) is 5.91 Å². The Hall–Kier alpha value is -0.280. The summed E-state index contributed by atoms with van der Waals surface area (Å²) < 4.78 is 0. The van der Waals surface area contributed by atoms with Gasteiger partial charge < -0.3 is 11.1 Å². The predicted molar refractivity (Wildman–Crippen MR) is 76.7 cm³/mol. The Morgan fingerprint density at radius 2 is 2.11 bits per heavy atom. The van der Waals surface area contributed by atoms with Crippen LogP contribution >= 0.6 is 12.4 Å². The number of nitrogens with two attached hydrogens (primary N) is 1. The summed E-state index contributed by atoms with van der Waals surface area (Å²) in [6.45, 7) is 4.22. The van der Waals surface area contributed by atoms with E-state index in [9.17, 15) is 4.79 Å². The van der Waals surface area contributed by atoms with Gasteiger partial charge in [0.1, 0.15) is 0 Å². The van der Waals surface area contributed by atoms with Crippen LogP contribution in [0.25, 0.3) is 0 Å². The molecule has 0 heterocycles. The molecular formula is C14H27ClN2O. The van der Waals surface area contributed by atoms with Crippen LogP contribution in [0, 0.1) is 17.8 Å². The van der Waals surface area contributed by atoms with Crippen LogP contribution in [0.1, 0.15) is 52.4 Å². The first kappa shape index (κ1) is 15.8. The summed E-state index contributed by atoms with van der Waals surface area (Å²) in [6.07, 6.45) is 7.25. The maximum Gasteiger partial charge on any atom is 0.237 e. The van der Waals surface area contributed by atoms with E-state index >= 15 is 0 Å². The standard InChI is InChI=1S/C14H26N2O.ClH/c1-3-4-13(15)14(17)16-9(2)12-8-10-5-6-11(12)7-10;/h9-13H,3-8,15H2,1-2H3,(H,16,17);1H. The number of carbonyl (C=O) groups is 1. The molecule has 1 amide bonds. The third-order valence-corrected chi connectivity index (χ3v) is 4.74. The van der Waals surface area contributed by atoms with Gasteiger partial charge in [0.15, 0.2) is 0 Å². The summed E-state index contributed by atoms with van der Waals surface area (Å²) in [5.74, 6) is 2.54. The van der Waals surface area contributed by atoms with E-state index in [2.05, 4.69) is 19.2 Å². The van der Waals surface area contributed by atoms with Gasteiger partial charge in [-0.1, -0.05) is 19.8 Å². The molecule has 2 saturated carbocycles. The van der Waals surface area contributed by atoms with Crippen molar-refractivity contribution in [1.29, 1.82) is 0 Å². The van der Waals surface area contributed by atoms with Crippen molar-refractivity contribution < 1.29 is 4.79 Å². The molecule has 3 nitrogen and oxygen atoms in total. The summed E-state index contributed by atoms with van der Waals surface area (Å²) in [5, 5.41) is 3.13. The van der Waals surface area contributed by atoms with Crippen molar-refractivity contribution in [2.75, 3.05) is 0 Å². The molecule has 2 rings (SSSR count). The number of carbonyl (C=O) groups excluding carboxylic acids is 1. The zero-order valence-electron chi connectivity index (χ0n) is 11.5. The molecular weight excluding hydrogens is 248 g/mol.